The van der Waals surface area contributed by atoms with E-state index in [4.69, 9.17) is 5.73 Å². The van der Waals surface area contributed by atoms with Gasteiger partial charge in [-0.25, -0.2) is 9.37 Å². The molecule has 2 rings (SSSR count). The molecule has 0 spiro atoms. The highest BCUT2D eigenvalue weighted by Crippen LogP contribution is 2.20. The predicted octanol–water partition coefficient (Wildman–Crippen LogP) is 2.80. The Morgan fingerprint density at radius 2 is 2.10 bits per heavy atom. The van der Waals surface area contributed by atoms with Crippen molar-refractivity contribution < 1.29 is 9.18 Å². The Kier molecular flexibility index (Phi) is 3.98. The number of nitrogens with zero attached hydrogens (tertiary/aromatic N) is 1. The van der Waals surface area contributed by atoms with E-state index in [1.165, 1.54) is 12.3 Å². The third-order valence-corrected chi connectivity index (χ3v) is 3.11. The van der Waals surface area contributed by atoms with E-state index in [1.54, 1.807) is 25.1 Å². The molecule has 3 N–H and O–H groups in total. The number of benzene rings is 1. The summed E-state index contributed by atoms with van der Waals surface area (Å²) in [7, 11) is 0. The summed E-state index contributed by atoms with van der Waals surface area (Å²) >= 11 is 0. The molecule has 0 radical (unpaired) electrons. The number of nitrogens with one attached hydrogen (secondary N) is 1. The van der Waals surface area contributed by atoms with E-state index in [9.17, 15) is 9.18 Å². The minimum atomic E-state index is -0.516. The summed E-state index contributed by atoms with van der Waals surface area (Å²) in [6, 6.07) is 8.28. The van der Waals surface area contributed by atoms with E-state index in [-0.39, 0.29) is 11.9 Å². The lowest BCUT2D eigenvalue weighted by Gasteiger charge is -2.15. The third-order valence-electron chi connectivity index (χ3n) is 3.11. The van der Waals surface area contributed by atoms with E-state index in [1.807, 2.05) is 13.0 Å². The zero-order valence-electron chi connectivity index (χ0n) is 11.4. The van der Waals surface area contributed by atoms with Crippen LogP contribution in [-0.2, 0) is 0 Å². The lowest BCUT2D eigenvalue weighted by Crippen LogP contribution is -2.12. The first kappa shape index (κ1) is 14.0. The van der Waals surface area contributed by atoms with E-state index in [2.05, 4.69) is 10.3 Å². The van der Waals surface area contributed by atoms with E-state index in [0.29, 0.717) is 16.9 Å². The van der Waals surface area contributed by atoms with Crippen molar-refractivity contribution in [1.29, 1.82) is 0 Å². The molecule has 1 heterocycles. The first-order chi connectivity index (χ1) is 9.47. The Balaban J connectivity index is 2.12. The second-order valence-electron chi connectivity index (χ2n) is 4.67. The summed E-state index contributed by atoms with van der Waals surface area (Å²) in [4.78, 5) is 15.0. The highest BCUT2D eigenvalue weighted by Gasteiger charge is 2.09. The highest BCUT2D eigenvalue weighted by atomic mass is 19.1. The Hall–Kier alpha value is -2.43. The molecule has 0 aliphatic rings. The molecule has 1 aromatic heterocycles. The summed E-state index contributed by atoms with van der Waals surface area (Å²) < 4.78 is 13.5. The number of halogens is 1. The third kappa shape index (κ3) is 3.12. The number of carbonyl (C=O) groups excluding carboxylic acids is 1. The SMILES string of the molecule is Cc1ccc(C(C)Nc2ccc(C(N)=O)cn2)cc1F. The van der Waals surface area contributed by atoms with Crippen molar-refractivity contribution >= 4 is 11.7 Å². The van der Waals surface area contributed by atoms with Crippen molar-refractivity contribution in [3.05, 3.63) is 59.0 Å². The fourth-order valence-corrected chi connectivity index (χ4v) is 1.81. The van der Waals surface area contributed by atoms with Crippen LogP contribution in [0.1, 0.15) is 34.5 Å². The van der Waals surface area contributed by atoms with Crippen LogP contribution >= 0.6 is 0 Å². The number of hydrogen-bond acceptors (Lipinski definition) is 3. The molecule has 0 aliphatic carbocycles. The molecule has 4 nitrogen and oxygen atoms in total. The van der Waals surface area contributed by atoms with Gasteiger partial charge in [-0.05, 0) is 43.2 Å². The number of pyridine rings is 1. The van der Waals surface area contributed by atoms with Gasteiger partial charge < -0.3 is 11.1 Å². The highest BCUT2D eigenvalue weighted by molar-refractivity contribution is 5.92. The van der Waals surface area contributed by atoms with Crippen LogP contribution in [0, 0.1) is 12.7 Å². The zero-order valence-corrected chi connectivity index (χ0v) is 11.4. The lowest BCUT2D eigenvalue weighted by atomic mass is 10.1. The van der Waals surface area contributed by atoms with Crippen molar-refractivity contribution in [2.45, 2.75) is 19.9 Å². The number of primary amides is 1. The van der Waals surface area contributed by atoms with Crippen LogP contribution in [0.3, 0.4) is 0 Å². The summed E-state index contributed by atoms with van der Waals surface area (Å²) in [5.41, 5.74) is 6.94. The minimum absolute atomic E-state index is 0.1000. The Labute approximate surface area is 116 Å². The quantitative estimate of drug-likeness (QED) is 0.900. The average molecular weight is 273 g/mol. The van der Waals surface area contributed by atoms with Gasteiger partial charge in [-0.15, -0.1) is 0 Å². The number of hydrogen-bond donors (Lipinski definition) is 2. The number of carbonyl (C=O) groups is 1. The molecule has 104 valence electrons. The van der Waals surface area contributed by atoms with Crippen LogP contribution in [0.25, 0.3) is 0 Å². The number of aryl methyl sites for hydroxylation is 1. The number of anilines is 1. The maximum absolute atomic E-state index is 13.5. The van der Waals surface area contributed by atoms with Crippen LogP contribution in [-0.4, -0.2) is 10.9 Å². The van der Waals surface area contributed by atoms with Crippen LogP contribution in [0.5, 0.6) is 0 Å². The van der Waals surface area contributed by atoms with Crippen LogP contribution in [0.15, 0.2) is 36.5 Å². The van der Waals surface area contributed by atoms with E-state index in [0.717, 1.165) is 5.56 Å². The number of nitrogens with two attached hydrogens (primary N) is 1. The van der Waals surface area contributed by atoms with E-state index >= 15 is 0 Å². The molecular weight excluding hydrogens is 257 g/mol. The number of aromatic nitrogens is 1. The Morgan fingerprint density at radius 1 is 1.35 bits per heavy atom. The van der Waals surface area contributed by atoms with Gasteiger partial charge in [0.05, 0.1) is 11.6 Å². The number of amides is 1. The molecule has 20 heavy (non-hydrogen) atoms. The predicted molar refractivity (Wildman–Crippen MR) is 75.9 cm³/mol. The zero-order chi connectivity index (χ0) is 14.7. The molecule has 1 unspecified atom stereocenters. The van der Waals surface area contributed by atoms with Crippen molar-refractivity contribution in [3.63, 3.8) is 0 Å². The maximum atomic E-state index is 13.5. The maximum Gasteiger partial charge on any atom is 0.250 e. The molecule has 0 saturated heterocycles. The molecule has 1 amide bonds. The largest absolute Gasteiger partial charge is 0.366 e. The smallest absolute Gasteiger partial charge is 0.250 e. The monoisotopic (exact) mass is 273 g/mol. The molecule has 2 aromatic rings. The molecular formula is C15H16FN3O. The normalized spacial score (nSPS) is 11.9. The van der Waals surface area contributed by atoms with Crippen molar-refractivity contribution in [1.82, 2.24) is 4.98 Å². The summed E-state index contributed by atoms with van der Waals surface area (Å²) in [6.07, 6.45) is 1.41. The van der Waals surface area contributed by atoms with Gasteiger partial charge >= 0.3 is 0 Å². The van der Waals surface area contributed by atoms with Crippen LogP contribution in [0.4, 0.5) is 10.2 Å². The van der Waals surface area contributed by atoms with Gasteiger partial charge in [-0.3, -0.25) is 4.79 Å². The topological polar surface area (TPSA) is 68.0 Å². The van der Waals surface area contributed by atoms with Crippen LogP contribution < -0.4 is 11.1 Å². The molecule has 0 saturated carbocycles. The second kappa shape index (κ2) is 5.69. The summed E-state index contributed by atoms with van der Waals surface area (Å²) in [5, 5.41) is 3.14. The van der Waals surface area contributed by atoms with Gasteiger partial charge in [0.2, 0.25) is 5.91 Å². The van der Waals surface area contributed by atoms with E-state index < -0.39 is 5.91 Å². The Morgan fingerprint density at radius 3 is 2.65 bits per heavy atom. The Bertz CT molecular complexity index is 626. The van der Waals surface area contributed by atoms with Gasteiger partial charge in [0.1, 0.15) is 11.6 Å². The van der Waals surface area contributed by atoms with Crippen molar-refractivity contribution in [2.24, 2.45) is 5.73 Å². The van der Waals surface area contributed by atoms with Gasteiger partial charge in [-0.1, -0.05) is 12.1 Å². The molecule has 5 heteroatoms. The minimum Gasteiger partial charge on any atom is -0.366 e. The molecule has 0 bridgehead atoms. The first-order valence-corrected chi connectivity index (χ1v) is 6.26. The van der Waals surface area contributed by atoms with Gasteiger partial charge in [0, 0.05) is 6.20 Å². The summed E-state index contributed by atoms with van der Waals surface area (Å²) in [5.74, 6) is -0.144. The van der Waals surface area contributed by atoms with Crippen molar-refractivity contribution in [2.75, 3.05) is 5.32 Å². The molecule has 0 fully saturated rings. The lowest BCUT2D eigenvalue weighted by molar-refractivity contribution is 0.1000. The molecule has 1 aromatic carbocycles. The molecule has 0 aliphatic heterocycles. The second-order valence-corrected chi connectivity index (χ2v) is 4.67. The number of rotatable bonds is 4. The average Bonchev–Trinajstić information content (AvgIpc) is 2.42. The first-order valence-electron chi connectivity index (χ1n) is 6.26. The fourth-order valence-electron chi connectivity index (χ4n) is 1.81. The van der Waals surface area contributed by atoms with Crippen LogP contribution in [0.2, 0.25) is 0 Å². The standard InChI is InChI=1S/C15H16FN3O/c1-9-3-4-11(7-13(9)16)10(2)19-14-6-5-12(8-18-14)15(17)20/h3-8,10H,1-2H3,(H2,17,20)(H,18,19). The van der Waals surface area contributed by atoms with Crippen molar-refractivity contribution in [3.8, 4) is 0 Å². The van der Waals surface area contributed by atoms with Gasteiger partial charge in [0.15, 0.2) is 0 Å². The molecule has 1 atom stereocenters. The fraction of sp³-hybridized carbons (Fsp3) is 0.200. The van der Waals surface area contributed by atoms with Gasteiger partial charge in [0.25, 0.3) is 0 Å². The summed E-state index contributed by atoms with van der Waals surface area (Å²) in [6.45, 7) is 3.63. The van der Waals surface area contributed by atoms with Gasteiger partial charge in [-0.2, -0.15) is 0 Å².